The first-order valence-electron chi connectivity index (χ1n) is 13.2. The van der Waals surface area contributed by atoms with E-state index in [1.54, 1.807) is 0 Å². The van der Waals surface area contributed by atoms with Crippen molar-refractivity contribution in [3.8, 4) is 0 Å². The first-order chi connectivity index (χ1) is 13.8. The molecule has 29 heavy (non-hydrogen) atoms. The Hall–Kier alpha value is -0.0800. The zero-order chi connectivity index (χ0) is 20.8. The monoisotopic (exact) mass is 404 g/mol. The van der Waals surface area contributed by atoms with Crippen molar-refractivity contribution >= 4 is 0 Å². The van der Waals surface area contributed by atoms with Crippen molar-refractivity contribution in [3.63, 3.8) is 0 Å². The number of aliphatic hydroxyl groups excluding tert-OH is 1. The highest BCUT2D eigenvalue weighted by Crippen LogP contribution is 2.66. The van der Waals surface area contributed by atoms with Crippen LogP contribution in [0.3, 0.4) is 0 Å². The van der Waals surface area contributed by atoms with Crippen molar-refractivity contribution in [2.45, 2.75) is 123 Å². The second-order valence-corrected chi connectivity index (χ2v) is 12.1. The highest BCUT2D eigenvalue weighted by Gasteiger charge is 2.58. The SMILES string of the molecule is CC[C@@H](O)CC[C@@H](C)[C@H]1CC[C@H]2[C@@H]3CC[C@H]4C[C@](O)(CC)CC[C@@H]4[C@H]3CC[C@]12C. The Balaban J connectivity index is 1.43. The van der Waals surface area contributed by atoms with Crippen molar-refractivity contribution < 1.29 is 10.2 Å². The Morgan fingerprint density at radius 3 is 2.38 bits per heavy atom. The summed E-state index contributed by atoms with van der Waals surface area (Å²) in [5.41, 5.74) is 0.192. The smallest absolute Gasteiger partial charge is 0.0648 e. The van der Waals surface area contributed by atoms with E-state index in [2.05, 4.69) is 27.7 Å². The molecule has 4 fully saturated rings. The van der Waals surface area contributed by atoms with Crippen LogP contribution < -0.4 is 0 Å². The topological polar surface area (TPSA) is 40.5 Å². The maximum absolute atomic E-state index is 10.9. The van der Waals surface area contributed by atoms with Gasteiger partial charge in [-0.1, -0.05) is 27.7 Å². The van der Waals surface area contributed by atoms with Gasteiger partial charge in [-0.25, -0.2) is 0 Å². The summed E-state index contributed by atoms with van der Waals surface area (Å²) < 4.78 is 0. The summed E-state index contributed by atoms with van der Waals surface area (Å²) in [5, 5.41) is 20.9. The van der Waals surface area contributed by atoms with E-state index in [1.807, 2.05) is 0 Å². The summed E-state index contributed by atoms with van der Waals surface area (Å²) in [7, 11) is 0. The van der Waals surface area contributed by atoms with Crippen molar-refractivity contribution in [3.05, 3.63) is 0 Å². The molecule has 0 radical (unpaired) electrons. The van der Waals surface area contributed by atoms with Crippen LogP contribution in [-0.4, -0.2) is 21.9 Å². The van der Waals surface area contributed by atoms with Crippen LogP contribution in [0.2, 0.25) is 0 Å². The molecule has 2 nitrogen and oxygen atoms in total. The summed E-state index contributed by atoms with van der Waals surface area (Å²) in [6.07, 6.45) is 15.9. The Labute approximate surface area is 180 Å². The second kappa shape index (κ2) is 8.45. The van der Waals surface area contributed by atoms with Crippen molar-refractivity contribution in [2.75, 3.05) is 0 Å². The molecule has 0 saturated heterocycles. The summed E-state index contributed by atoms with van der Waals surface area (Å²) in [5.74, 6) is 6.18. The van der Waals surface area contributed by atoms with Gasteiger partial charge in [0.05, 0.1) is 11.7 Å². The molecule has 2 heteroatoms. The Bertz CT molecular complexity index is 561. The standard InChI is InChI=1S/C27H48O2/c1-5-20(28)9-7-18(3)24-11-12-25-23-10-8-19-17-27(29,6-2)16-14-21(19)22(23)13-15-26(24,25)4/h18-25,28-29H,5-17H2,1-4H3/t18-,19+,20-,21+,22-,23-,24-,25+,26-,27+/m1/s1. The van der Waals surface area contributed by atoms with E-state index in [1.165, 1.54) is 51.4 Å². The molecule has 4 saturated carbocycles. The Kier molecular flexibility index (Phi) is 6.45. The fourth-order valence-electron chi connectivity index (χ4n) is 9.12. The molecule has 0 spiro atoms. The lowest BCUT2D eigenvalue weighted by molar-refractivity contribution is -0.109. The normalized spacial score (nSPS) is 49.0. The highest BCUT2D eigenvalue weighted by molar-refractivity contribution is 5.07. The lowest BCUT2D eigenvalue weighted by atomic mass is 9.48. The third-order valence-electron chi connectivity index (χ3n) is 10.9. The summed E-state index contributed by atoms with van der Waals surface area (Å²) in [4.78, 5) is 0. The molecule has 2 N–H and O–H groups in total. The molecular weight excluding hydrogens is 356 g/mol. The van der Waals surface area contributed by atoms with Crippen LogP contribution in [0.25, 0.3) is 0 Å². The predicted octanol–water partition coefficient (Wildman–Crippen LogP) is 6.58. The van der Waals surface area contributed by atoms with Gasteiger partial charge in [-0.15, -0.1) is 0 Å². The average molecular weight is 405 g/mol. The molecule has 0 aromatic carbocycles. The third kappa shape index (κ3) is 3.95. The molecule has 168 valence electrons. The third-order valence-corrected chi connectivity index (χ3v) is 10.9. The fourth-order valence-corrected chi connectivity index (χ4v) is 9.12. The van der Waals surface area contributed by atoms with Gasteiger partial charge in [-0.2, -0.15) is 0 Å². The van der Waals surface area contributed by atoms with E-state index in [0.717, 1.165) is 73.5 Å². The largest absolute Gasteiger partial charge is 0.393 e. The zero-order valence-electron chi connectivity index (χ0n) is 19.7. The molecule has 4 aliphatic rings. The predicted molar refractivity (Wildman–Crippen MR) is 121 cm³/mol. The lowest BCUT2D eigenvalue weighted by Gasteiger charge is -2.57. The minimum atomic E-state index is -0.353. The van der Waals surface area contributed by atoms with E-state index in [4.69, 9.17) is 0 Å². The van der Waals surface area contributed by atoms with Crippen molar-refractivity contribution in [2.24, 2.45) is 46.8 Å². The summed E-state index contributed by atoms with van der Waals surface area (Å²) in [6.45, 7) is 9.42. The molecule has 0 aliphatic heterocycles. The molecule has 0 heterocycles. The maximum Gasteiger partial charge on any atom is 0.0648 e. The van der Waals surface area contributed by atoms with Gasteiger partial charge in [0, 0.05) is 0 Å². The molecule has 4 aliphatic carbocycles. The van der Waals surface area contributed by atoms with Crippen LogP contribution in [0.15, 0.2) is 0 Å². The van der Waals surface area contributed by atoms with Crippen LogP contribution in [0.5, 0.6) is 0 Å². The van der Waals surface area contributed by atoms with Crippen LogP contribution in [0.4, 0.5) is 0 Å². The molecule has 0 unspecified atom stereocenters. The highest BCUT2D eigenvalue weighted by atomic mass is 16.3. The second-order valence-electron chi connectivity index (χ2n) is 12.1. The Morgan fingerprint density at radius 1 is 0.897 bits per heavy atom. The van der Waals surface area contributed by atoms with Crippen molar-refractivity contribution in [1.29, 1.82) is 0 Å². The van der Waals surface area contributed by atoms with Crippen LogP contribution >= 0.6 is 0 Å². The van der Waals surface area contributed by atoms with Gasteiger partial charge in [0.1, 0.15) is 0 Å². The number of rotatable bonds is 6. The van der Waals surface area contributed by atoms with Gasteiger partial charge in [-0.3, -0.25) is 0 Å². The molecule has 0 aromatic rings. The molecule has 10 atom stereocenters. The van der Waals surface area contributed by atoms with Gasteiger partial charge in [0.2, 0.25) is 0 Å². The van der Waals surface area contributed by atoms with Crippen LogP contribution in [-0.2, 0) is 0 Å². The first kappa shape index (κ1) is 22.1. The molecular formula is C27H48O2. The fraction of sp³-hybridized carbons (Fsp3) is 1.00. The molecule has 0 amide bonds. The van der Waals surface area contributed by atoms with Gasteiger partial charge >= 0.3 is 0 Å². The molecule has 0 bridgehead atoms. The van der Waals surface area contributed by atoms with E-state index < -0.39 is 0 Å². The van der Waals surface area contributed by atoms with Crippen LogP contribution in [0, 0.1) is 46.8 Å². The van der Waals surface area contributed by atoms with Gasteiger partial charge in [0.15, 0.2) is 0 Å². The maximum atomic E-state index is 10.9. The quantitative estimate of drug-likeness (QED) is 0.524. The van der Waals surface area contributed by atoms with E-state index in [9.17, 15) is 10.2 Å². The summed E-state index contributed by atoms with van der Waals surface area (Å²) in [6, 6.07) is 0. The average Bonchev–Trinajstić information content (AvgIpc) is 3.08. The van der Waals surface area contributed by atoms with Crippen molar-refractivity contribution in [1.82, 2.24) is 0 Å². The number of hydrogen-bond donors (Lipinski definition) is 2. The zero-order valence-corrected chi connectivity index (χ0v) is 19.7. The molecule has 0 aromatic heterocycles. The first-order valence-corrected chi connectivity index (χ1v) is 13.2. The lowest BCUT2D eigenvalue weighted by Crippen LogP contribution is -2.51. The number of aliphatic hydroxyl groups is 2. The van der Waals surface area contributed by atoms with E-state index >= 15 is 0 Å². The minimum Gasteiger partial charge on any atom is -0.393 e. The van der Waals surface area contributed by atoms with Gasteiger partial charge in [-0.05, 0) is 130 Å². The van der Waals surface area contributed by atoms with Crippen LogP contribution in [0.1, 0.15) is 111 Å². The summed E-state index contributed by atoms with van der Waals surface area (Å²) >= 11 is 0. The van der Waals surface area contributed by atoms with E-state index in [-0.39, 0.29) is 11.7 Å². The molecule has 4 rings (SSSR count). The Morgan fingerprint density at radius 2 is 1.66 bits per heavy atom. The number of fused-ring (bicyclic) bond motifs is 5. The minimum absolute atomic E-state index is 0.0958. The van der Waals surface area contributed by atoms with Gasteiger partial charge in [0.25, 0.3) is 0 Å². The number of hydrogen-bond acceptors (Lipinski definition) is 2. The van der Waals surface area contributed by atoms with Gasteiger partial charge < -0.3 is 10.2 Å². The van der Waals surface area contributed by atoms with E-state index in [0.29, 0.717) is 5.41 Å².